The highest BCUT2D eigenvalue weighted by molar-refractivity contribution is 7.90. The van der Waals surface area contributed by atoms with Crippen LogP contribution in [0.25, 0.3) is 23.1 Å². The largest absolute Gasteiger partial charge is 0.296 e. The van der Waals surface area contributed by atoms with Gasteiger partial charge in [0.2, 0.25) is 0 Å². The van der Waals surface area contributed by atoms with Crippen molar-refractivity contribution in [1.29, 1.82) is 0 Å². The second kappa shape index (κ2) is 9.43. The molecule has 0 amide bonds. The van der Waals surface area contributed by atoms with E-state index in [1.54, 1.807) is 29.2 Å². The molecule has 0 unspecified atom stereocenters. The van der Waals surface area contributed by atoms with Gasteiger partial charge in [-0.25, -0.2) is 18.4 Å². The Balaban J connectivity index is 1.90. The molecule has 33 heavy (non-hydrogen) atoms. The minimum Gasteiger partial charge on any atom is -0.296 e. The first-order valence-corrected chi connectivity index (χ1v) is 13.2. The standard InChI is InChI=1S/C26H29N3O3S/c1-4-9-22-21(5-2)19(14-18-12-13-24(27-16-18)33(3,31)32)15-23-25(22)28-17-29(26(23)30)20-10-7-6-8-11-20/h4-5,9,12-13,15-17,20H,1,6-8,10-11,14H2,2-3H3. The topological polar surface area (TPSA) is 81.9 Å². The first-order valence-electron chi connectivity index (χ1n) is 11.3. The van der Waals surface area contributed by atoms with Crippen molar-refractivity contribution in [3.8, 4) is 0 Å². The molecule has 4 rings (SSSR count). The van der Waals surface area contributed by atoms with Crippen LogP contribution in [0.15, 0.2) is 53.2 Å². The zero-order chi connectivity index (χ0) is 23.6. The highest BCUT2D eigenvalue weighted by Crippen LogP contribution is 2.26. The van der Waals surface area contributed by atoms with Gasteiger partial charge in [0.1, 0.15) is 0 Å². The van der Waals surface area contributed by atoms with Crippen LogP contribution in [0.3, 0.4) is 0 Å². The summed E-state index contributed by atoms with van der Waals surface area (Å²) < 4.78 is 25.3. The van der Waals surface area contributed by atoms with Crippen LogP contribution in [0.5, 0.6) is 0 Å². The molecule has 0 N–H and O–H groups in total. The summed E-state index contributed by atoms with van der Waals surface area (Å²) in [6.07, 6.45) is 16.1. The average Bonchev–Trinajstić information content (AvgIpc) is 2.80. The summed E-state index contributed by atoms with van der Waals surface area (Å²) in [6, 6.07) is 5.43. The lowest BCUT2D eigenvalue weighted by Crippen LogP contribution is -2.34. The number of allylic oxidation sites excluding steroid dienone is 1. The Morgan fingerprint density at radius 2 is 1.91 bits per heavy atom. The normalized spacial score (nSPS) is 16.4. The van der Waals surface area contributed by atoms with Gasteiger partial charge in [-0.1, -0.05) is 50.1 Å². The predicted octanol–water partition coefficient (Wildman–Crippen LogP) is 3.06. The van der Waals surface area contributed by atoms with E-state index >= 15 is 0 Å². The van der Waals surface area contributed by atoms with Crippen molar-refractivity contribution >= 4 is 32.9 Å². The van der Waals surface area contributed by atoms with Crippen molar-refractivity contribution in [3.63, 3.8) is 0 Å². The summed E-state index contributed by atoms with van der Waals surface area (Å²) in [5.74, 6) is 0. The van der Waals surface area contributed by atoms with Crippen molar-refractivity contribution in [2.75, 3.05) is 6.26 Å². The molecular weight excluding hydrogens is 434 g/mol. The number of benzene rings is 1. The van der Waals surface area contributed by atoms with Gasteiger partial charge >= 0.3 is 0 Å². The molecule has 0 radical (unpaired) electrons. The second-order valence-electron chi connectivity index (χ2n) is 8.65. The number of hydrogen-bond donors (Lipinski definition) is 0. The lowest BCUT2D eigenvalue weighted by atomic mass is 9.95. The highest BCUT2D eigenvalue weighted by Gasteiger charge is 2.19. The predicted molar refractivity (Wildman–Crippen MR) is 132 cm³/mol. The number of sulfone groups is 1. The summed E-state index contributed by atoms with van der Waals surface area (Å²) in [6.45, 7) is 5.81. The van der Waals surface area contributed by atoms with Gasteiger partial charge < -0.3 is 0 Å². The molecule has 1 aliphatic rings. The Labute approximate surface area is 193 Å². The van der Waals surface area contributed by atoms with E-state index in [2.05, 4.69) is 11.6 Å². The molecule has 3 aromatic rings. The molecule has 7 heteroatoms. The Hall–Kier alpha value is -3.06. The maximum absolute atomic E-state index is 13.5. The van der Waals surface area contributed by atoms with Crippen molar-refractivity contribution in [3.05, 3.63) is 75.3 Å². The maximum Gasteiger partial charge on any atom is 0.261 e. The molecule has 0 spiro atoms. The first-order chi connectivity index (χ1) is 15.8. The summed E-state index contributed by atoms with van der Waals surface area (Å²) in [5, 5.41) is 2.50. The fraction of sp³-hybridized carbons (Fsp3) is 0.346. The van der Waals surface area contributed by atoms with Crippen LogP contribution in [0.1, 0.15) is 56.2 Å². The second-order valence-corrected chi connectivity index (χ2v) is 10.6. The molecule has 1 aliphatic carbocycles. The number of hydrogen-bond acceptors (Lipinski definition) is 5. The quantitative estimate of drug-likeness (QED) is 0.581. The average molecular weight is 464 g/mol. The summed E-state index contributed by atoms with van der Waals surface area (Å²) in [5.41, 5.74) is 2.49. The molecule has 1 fully saturated rings. The number of nitrogens with zero attached hydrogens (tertiary/aromatic N) is 3. The molecule has 0 saturated heterocycles. The lowest BCUT2D eigenvalue weighted by molar-refractivity contribution is 0.345. The monoisotopic (exact) mass is 463 g/mol. The van der Waals surface area contributed by atoms with E-state index in [4.69, 9.17) is 4.98 Å². The van der Waals surface area contributed by atoms with Crippen LogP contribution in [0.2, 0.25) is 0 Å². The third-order valence-electron chi connectivity index (χ3n) is 6.35. The number of rotatable bonds is 5. The van der Waals surface area contributed by atoms with Crippen molar-refractivity contribution < 1.29 is 8.42 Å². The molecular formula is C26H29N3O3S. The zero-order valence-electron chi connectivity index (χ0n) is 19.1. The third-order valence-corrected chi connectivity index (χ3v) is 7.36. The molecule has 1 aromatic carbocycles. The third kappa shape index (κ3) is 4.69. The van der Waals surface area contributed by atoms with E-state index in [-0.39, 0.29) is 16.6 Å². The van der Waals surface area contributed by atoms with Crippen molar-refractivity contribution in [2.45, 2.75) is 56.5 Å². The van der Waals surface area contributed by atoms with Crippen LogP contribution in [0, 0.1) is 0 Å². The molecule has 2 heterocycles. The minimum absolute atomic E-state index is 0.0138. The number of pyridine rings is 1. The number of fused-ring (bicyclic) bond motifs is 1. The summed E-state index contributed by atoms with van der Waals surface area (Å²) in [4.78, 5) is 22.4. The van der Waals surface area contributed by atoms with Crippen LogP contribution >= 0.6 is 0 Å². The van der Waals surface area contributed by atoms with Crippen LogP contribution in [0.4, 0.5) is 0 Å². The molecule has 0 aliphatic heterocycles. The van der Waals surface area contributed by atoms with Gasteiger partial charge in [-0.15, -0.1) is 0 Å². The van der Waals surface area contributed by atoms with E-state index in [1.807, 2.05) is 25.1 Å². The van der Waals surface area contributed by atoms with E-state index in [1.165, 1.54) is 12.5 Å². The molecule has 0 atom stereocenters. The van der Waals surface area contributed by atoms with Crippen molar-refractivity contribution in [1.82, 2.24) is 14.5 Å². The van der Waals surface area contributed by atoms with Gasteiger partial charge in [0.05, 0.1) is 17.2 Å². The van der Waals surface area contributed by atoms with Crippen LogP contribution in [-0.4, -0.2) is 29.2 Å². The zero-order valence-corrected chi connectivity index (χ0v) is 19.9. The Morgan fingerprint density at radius 3 is 2.52 bits per heavy atom. The molecule has 1 saturated carbocycles. The SMILES string of the molecule is C=CC=c1c(=CC)c(Cc2ccc(S(C)(=O)=O)nc2)cc2c(=O)n(C3CCCCC3)cnc12. The molecule has 2 aromatic heterocycles. The van der Waals surface area contributed by atoms with Gasteiger partial charge in [0.15, 0.2) is 14.9 Å². The van der Waals surface area contributed by atoms with E-state index in [0.29, 0.717) is 17.3 Å². The minimum atomic E-state index is -3.36. The van der Waals surface area contributed by atoms with Crippen molar-refractivity contribution in [2.24, 2.45) is 0 Å². The van der Waals surface area contributed by atoms with Crippen LogP contribution in [-0.2, 0) is 16.3 Å². The van der Waals surface area contributed by atoms with Gasteiger partial charge in [0, 0.05) is 23.7 Å². The molecule has 0 bridgehead atoms. The van der Waals surface area contributed by atoms with Gasteiger partial charge in [0.25, 0.3) is 5.56 Å². The van der Waals surface area contributed by atoms with Gasteiger partial charge in [-0.05, 0) is 54.7 Å². The Bertz CT molecular complexity index is 1480. The fourth-order valence-electron chi connectivity index (χ4n) is 4.73. The van der Waals surface area contributed by atoms with Gasteiger partial charge in [-0.2, -0.15) is 0 Å². The molecule has 172 valence electrons. The molecule has 6 nitrogen and oxygen atoms in total. The van der Waals surface area contributed by atoms with E-state index in [0.717, 1.165) is 53.5 Å². The Morgan fingerprint density at radius 1 is 1.15 bits per heavy atom. The van der Waals surface area contributed by atoms with Gasteiger partial charge in [-0.3, -0.25) is 9.36 Å². The first kappa shape index (κ1) is 23.1. The maximum atomic E-state index is 13.5. The number of aromatic nitrogens is 3. The Kier molecular flexibility index (Phi) is 6.61. The fourth-order valence-corrected chi connectivity index (χ4v) is 5.29. The lowest BCUT2D eigenvalue weighted by Gasteiger charge is -2.23. The summed E-state index contributed by atoms with van der Waals surface area (Å²) >= 11 is 0. The van der Waals surface area contributed by atoms with Crippen LogP contribution < -0.4 is 16.0 Å². The smallest absolute Gasteiger partial charge is 0.261 e. The van der Waals surface area contributed by atoms with E-state index in [9.17, 15) is 13.2 Å². The van der Waals surface area contributed by atoms with E-state index < -0.39 is 9.84 Å². The highest BCUT2D eigenvalue weighted by atomic mass is 32.2. The summed E-state index contributed by atoms with van der Waals surface area (Å²) in [7, 11) is -3.36.